The van der Waals surface area contributed by atoms with Crippen molar-refractivity contribution in [2.24, 2.45) is 5.92 Å². The highest BCUT2D eigenvalue weighted by Crippen LogP contribution is 2.33. The highest BCUT2D eigenvalue weighted by atomic mass is 32.2. The minimum Gasteiger partial charge on any atom is -0.341 e. The molecule has 2 saturated heterocycles. The van der Waals surface area contributed by atoms with E-state index in [1.165, 1.54) is 37.5 Å². The van der Waals surface area contributed by atoms with Gasteiger partial charge in [0.1, 0.15) is 10.6 Å². The molecule has 2 aliphatic rings. The number of carbonyl (C=O) groups excluding carboxylic acids is 1. The topological polar surface area (TPSA) is 109 Å². The molecule has 4 rings (SSSR count). The molecule has 1 amide bonds. The van der Waals surface area contributed by atoms with Gasteiger partial charge in [-0.1, -0.05) is 6.92 Å². The van der Waals surface area contributed by atoms with Gasteiger partial charge >= 0.3 is 0 Å². The highest BCUT2D eigenvalue weighted by molar-refractivity contribution is 7.90. The fraction of sp³-hybridized carbons (Fsp3) is 0.571. The van der Waals surface area contributed by atoms with E-state index < -0.39 is 9.84 Å². The minimum atomic E-state index is -3.46. The smallest absolute Gasteiger partial charge is 0.274 e. The SMILES string of the molecule is C[C@@H]1CCCN(c2ncc(S(C)(=O)=O)c(C3CCN(C(=O)c4cnccn4)CC3)n2)C1. The number of aromatic nitrogens is 4. The van der Waals surface area contributed by atoms with E-state index in [0.29, 0.717) is 49.2 Å². The van der Waals surface area contributed by atoms with Gasteiger partial charge in [0.05, 0.1) is 18.1 Å². The van der Waals surface area contributed by atoms with Gasteiger partial charge < -0.3 is 9.80 Å². The molecule has 2 aromatic rings. The summed E-state index contributed by atoms with van der Waals surface area (Å²) >= 11 is 0. The van der Waals surface area contributed by atoms with E-state index in [2.05, 4.69) is 26.8 Å². The quantitative estimate of drug-likeness (QED) is 0.704. The molecule has 2 aliphatic heterocycles. The lowest BCUT2D eigenvalue weighted by Gasteiger charge is -2.34. The maximum Gasteiger partial charge on any atom is 0.274 e. The summed E-state index contributed by atoms with van der Waals surface area (Å²) in [5.74, 6) is 0.970. The number of hydrogen-bond donors (Lipinski definition) is 0. The van der Waals surface area contributed by atoms with E-state index in [1.807, 2.05) is 0 Å². The van der Waals surface area contributed by atoms with Gasteiger partial charge in [-0.3, -0.25) is 9.78 Å². The normalized spacial score (nSPS) is 20.6. The highest BCUT2D eigenvalue weighted by Gasteiger charge is 2.31. The van der Waals surface area contributed by atoms with Gasteiger partial charge in [-0.2, -0.15) is 0 Å². The Kier molecular flexibility index (Phi) is 6.17. The van der Waals surface area contributed by atoms with Crippen LogP contribution >= 0.6 is 0 Å². The molecule has 4 heterocycles. The molecule has 31 heavy (non-hydrogen) atoms. The Balaban J connectivity index is 1.55. The predicted octanol–water partition coefficient (Wildman–Crippen LogP) is 1.93. The number of likely N-dealkylation sites (tertiary alicyclic amines) is 1. The molecule has 1 atom stereocenters. The van der Waals surface area contributed by atoms with Crippen LogP contribution in [0, 0.1) is 5.92 Å². The molecule has 9 nitrogen and oxygen atoms in total. The zero-order chi connectivity index (χ0) is 22.0. The lowest BCUT2D eigenvalue weighted by molar-refractivity contribution is 0.0705. The van der Waals surface area contributed by atoms with Crippen LogP contribution in [0.5, 0.6) is 0 Å². The molecule has 0 bridgehead atoms. The summed E-state index contributed by atoms with van der Waals surface area (Å²) in [7, 11) is -3.46. The first-order valence-electron chi connectivity index (χ1n) is 10.7. The first-order chi connectivity index (χ1) is 14.8. The van der Waals surface area contributed by atoms with Crippen molar-refractivity contribution in [2.75, 3.05) is 37.3 Å². The van der Waals surface area contributed by atoms with Crippen LogP contribution in [0.2, 0.25) is 0 Å². The van der Waals surface area contributed by atoms with E-state index in [1.54, 1.807) is 4.90 Å². The van der Waals surface area contributed by atoms with Crippen LogP contribution in [0.4, 0.5) is 5.95 Å². The Bertz CT molecular complexity index is 1040. The summed E-state index contributed by atoms with van der Waals surface area (Å²) in [6.45, 7) is 5.00. The monoisotopic (exact) mass is 444 g/mol. The summed E-state index contributed by atoms with van der Waals surface area (Å²) in [6.07, 6.45) is 10.7. The summed E-state index contributed by atoms with van der Waals surface area (Å²) in [6, 6.07) is 0. The van der Waals surface area contributed by atoms with Crippen LogP contribution in [0.15, 0.2) is 29.7 Å². The van der Waals surface area contributed by atoms with E-state index in [9.17, 15) is 13.2 Å². The van der Waals surface area contributed by atoms with Crippen LogP contribution in [0.1, 0.15) is 54.7 Å². The molecule has 0 spiro atoms. The molecule has 0 saturated carbocycles. The summed E-state index contributed by atoms with van der Waals surface area (Å²) in [4.78, 5) is 34.0. The van der Waals surface area contributed by atoms with Gasteiger partial charge in [-0.05, 0) is 31.6 Å². The number of nitrogens with zero attached hydrogens (tertiary/aromatic N) is 6. The van der Waals surface area contributed by atoms with E-state index >= 15 is 0 Å². The van der Waals surface area contributed by atoms with Gasteiger partial charge in [0.25, 0.3) is 5.91 Å². The van der Waals surface area contributed by atoms with Gasteiger partial charge in [0, 0.05) is 50.7 Å². The average molecular weight is 445 g/mol. The Morgan fingerprint density at radius 1 is 1.06 bits per heavy atom. The molecule has 10 heteroatoms. The molecule has 0 unspecified atom stereocenters. The average Bonchev–Trinajstić information content (AvgIpc) is 2.78. The molecule has 2 aromatic heterocycles. The van der Waals surface area contributed by atoms with Crippen LogP contribution in [-0.2, 0) is 9.84 Å². The van der Waals surface area contributed by atoms with Crippen molar-refractivity contribution in [1.82, 2.24) is 24.8 Å². The van der Waals surface area contributed by atoms with Crippen molar-refractivity contribution in [3.63, 3.8) is 0 Å². The first kappa shape index (κ1) is 21.6. The second-order valence-corrected chi connectivity index (χ2v) is 10.5. The third kappa shape index (κ3) is 4.84. The van der Waals surface area contributed by atoms with Crippen LogP contribution < -0.4 is 4.90 Å². The van der Waals surface area contributed by atoms with Crippen LogP contribution in [-0.4, -0.2) is 71.6 Å². The van der Waals surface area contributed by atoms with E-state index in [-0.39, 0.29) is 16.7 Å². The van der Waals surface area contributed by atoms with Crippen molar-refractivity contribution in [2.45, 2.75) is 43.4 Å². The fourth-order valence-corrected chi connectivity index (χ4v) is 5.24. The Labute approximate surface area is 182 Å². The molecule has 166 valence electrons. The predicted molar refractivity (Wildman–Crippen MR) is 116 cm³/mol. The molecule has 0 radical (unpaired) electrons. The second-order valence-electron chi connectivity index (χ2n) is 8.54. The van der Waals surface area contributed by atoms with E-state index in [0.717, 1.165) is 19.5 Å². The molecule has 0 aromatic carbocycles. The standard InChI is InChI=1S/C21H28N6O3S/c1-15-4-3-9-27(14-15)21-24-13-18(31(2,29)30)19(25-21)16-5-10-26(11-6-16)20(28)17-12-22-7-8-23-17/h7-8,12-13,15-16H,3-6,9-11,14H2,1-2H3/t15-/m1/s1. The number of carbonyl (C=O) groups is 1. The van der Waals surface area contributed by atoms with Gasteiger partial charge in [-0.25, -0.2) is 23.4 Å². The first-order valence-corrected chi connectivity index (χ1v) is 12.6. The Morgan fingerprint density at radius 2 is 1.84 bits per heavy atom. The number of rotatable bonds is 4. The molecule has 0 N–H and O–H groups in total. The van der Waals surface area contributed by atoms with Gasteiger partial charge in [-0.15, -0.1) is 0 Å². The molecule has 0 aliphatic carbocycles. The number of amides is 1. The number of piperidine rings is 2. The Morgan fingerprint density at radius 3 is 2.48 bits per heavy atom. The van der Waals surface area contributed by atoms with Crippen LogP contribution in [0.25, 0.3) is 0 Å². The van der Waals surface area contributed by atoms with Gasteiger partial charge in [0.2, 0.25) is 5.95 Å². The third-order valence-electron chi connectivity index (χ3n) is 6.06. The molecular weight excluding hydrogens is 416 g/mol. The van der Waals surface area contributed by atoms with Crippen molar-refractivity contribution in [1.29, 1.82) is 0 Å². The largest absolute Gasteiger partial charge is 0.341 e. The van der Waals surface area contributed by atoms with E-state index in [4.69, 9.17) is 4.98 Å². The van der Waals surface area contributed by atoms with Gasteiger partial charge in [0.15, 0.2) is 9.84 Å². The molecule has 2 fully saturated rings. The lowest BCUT2D eigenvalue weighted by Crippen LogP contribution is -2.39. The molecular formula is C21H28N6O3S. The van der Waals surface area contributed by atoms with Crippen molar-refractivity contribution in [3.8, 4) is 0 Å². The van der Waals surface area contributed by atoms with Crippen molar-refractivity contribution in [3.05, 3.63) is 36.2 Å². The zero-order valence-electron chi connectivity index (χ0n) is 17.9. The maximum atomic E-state index is 12.7. The Hall–Kier alpha value is -2.62. The minimum absolute atomic E-state index is 0.0420. The van der Waals surface area contributed by atoms with Crippen molar-refractivity contribution < 1.29 is 13.2 Å². The zero-order valence-corrected chi connectivity index (χ0v) is 18.8. The second kappa shape index (κ2) is 8.86. The van der Waals surface area contributed by atoms with Crippen LogP contribution in [0.3, 0.4) is 0 Å². The maximum absolute atomic E-state index is 12.7. The number of sulfone groups is 1. The lowest BCUT2D eigenvalue weighted by atomic mass is 9.93. The summed E-state index contributed by atoms with van der Waals surface area (Å²) in [5, 5.41) is 0. The van der Waals surface area contributed by atoms with Crippen molar-refractivity contribution >= 4 is 21.7 Å². The summed E-state index contributed by atoms with van der Waals surface area (Å²) in [5.41, 5.74) is 0.902. The number of hydrogen-bond acceptors (Lipinski definition) is 8. The summed E-state index contributed by atoms with van der Waals surface area (Å²) < 4.78 is 24.8. The fourth-order valence-electron chi connectivity index (χ4n) is 4.40. The number of anilines is 1. The third-order valence-corrected chi connectivity index (χ3v) is 7.17.